The summed E-state index contributed by atoms with van der Waals surface area (Å²) < 4.78 is 0. The molecule has 2 N–H and O–H groups in total. The van der Waals surface area contributed by atoms with Crippen LogP contribution in [-0.4, -0.2) is 22.2 Å². The van der Waals surface area contributed by atoms with E-state index in [1.165, 1.54) is 0 Å². The van der Waals surface area contributed by atoms with Crippen LogP contribution >= 0.6 is 0 Å². The standard InChI is InChI=1S/C13H23NO2/c1-12(2,13(3,4)16)14-11(15)9-10-7-5-6-8-10/h5,7,10,16H,6,8-9H2,1-4H3,(H,14,15). The third kappa shape index (κ3) is 3.34. The second-order valence-electron chi connectivity index (χ2n) is 5.70. The van der Waals surface area contributed by atoms with E-state index >= 15 is 0 Å². The summed E-state index contributed by atoms with van der Waals surface area (Å²) in [6, 6.07) is 0. The Balaban J connectivity index is 2.47. The number of allylic oxidation sites excluding steroid dienone is 2. The van der Waals surface area contributed by atoms with Crippen LogP contribution in [-0.2, 0) is 4.79 Å². The van der Waals surface area contributed by atoms with Crippen molar-refractivity contribution in [1.29, 1.82) is 0 Å². The van der Waals surface area contributed by atoms with Crippen molar-refractivity contribution in [2.75, 3.05) is 0 Å². The van der Waals surface area contributed by atoms with Crippen molar-refractivity contribution < 1.29 is 9.90 Å². The van der Waals surface area contributed by atoms with Gasteiger partial charge in [0.15, 0.2) is 0 Å². The van der Waals surface area contributed by atoms with Crippen molar-refractivity contribution in [2.24, 2.45) is 5.92 Å². The number of carbonyl (C=O) groups excluding carboxylic acids is 1. The Labute approximate surface area is 97.9 Å². The summed E-state index contributed by atoms with van der Waals surface area (Å²) in [6.45, 7) is 7.11. The molecule has 0 heterocycles. The molecular formula is C13H23NO2. The van der Waals surface area contributed by atoms with Crippen LogP contribution in [0.5, 0.6) is 0 Å². The lowest BCUT2D eigenvalue weighted by Crippen LogP contribution is -2.57. The molecule has 1 unspecified atom stereocenters. The third-order valence-electron chi connectivity index (χ3n) is 3.54. The average Bonchev–Trinajstić information content (AvgIpc) is 2.52. The first-order chi connectivity index (χ1) is 7.22. The molecule has 0 aromatic rings. The normalized spacial score (nSPS) is 21.2. The van der Waals surface area contributed by atoms with E-state index in [-0.39, 0.29) is 5.91 Å². The minimum atomic E-state index is -0.922. The molecule has 0 aromatic heterocycles. The predicted octanol–water partition coefficient (Wildman–Crippen LogP) is 2.01. The van der Waals surface area contributed by atoms with E-state index in [1.807, 2.05) is 13.8 Å². The molecule has 0 saturated carbocycles. The van der Waals surface area contributed by atoms with E-state index in [0.29, 0.717) is 12.3 Å². The molecule has 3 nitrogen and oxygen atoms in total. The zero-order valence-electron chi connectivity index (χ0n) is 10.7. The number of hydrogen-bond donors (Lipinski definition) is 2. The Bertz CT molecular complexity index is 287. The third-order valence-corrected chi connectivity index (χ3v) is 3.54. The van der Waals surface area contributed by atoms with Gasteiger partial charge in [-0.15, -0.1) is 0 Å². The quantitative estimate of drug-likeness (QED) is 0.719. The first-order valence-electron chi connectivity index (χ1n) is 5.92. The van der Waals surface area contributed by atoms with Gasteiger partial charge in [-0.25, -0.2) is 0 Å². The molecule has 1 aliphatic carbocycles. The molecule has 0 fully saturated rings. The molecule has 0 saturated heterocycles. The summed E-state index contributed by atoms with van der Waals surface area (Å²) in [5.41, 5.74) is -1.53. The zero-order valence-corrected chi connectivity index (χ0v) is 10.7. The predicted molar refractivity (Wildman–Crippen MR) is 65.0 cm³/mol. The Morgan fingerprint density at radius 2 is 2.06 bits per heavy atom. The average molecular weight is 225 g/mol. The van der Waals surface area contributed by atoms with Crippen molar-refractivity contribution >= 4 is 5.91 Å². The second-order valence-corrected chi connectivity index (χ2v) is 5.70. The van der Waals surface area contributed by atoms with Gasteiger partial charge in [0.2, 0.25) is 5.91 Å². The van der Waals surface area contributed by atoms with Crippen LogP contribution in [0.2, 0.25) is 0 Å². The summed E-state index contributed by atoms with van der Waals surface area (Å²) in [5, 5.41) is 12.8. The maximum Gasteiger partial charge on any atom is 0.221 e. The van der Waals surface area contributed by atoms with Crippen LogP contribution in [0.25, 0.3) is 0 Å². The van der Waals surface area contributed by atoms with Gasteiger partial charge in [0.1, 0.15) is 0 Å². The van der Waals surface area contributed by atoms with Crippen LogP contribution < -0.4 is 5.32 Å². The number of carbonyl (C=O) groups is 1. The Morgan fingerprint density at radius 3 is 2.50 bits per heavy atom. The molecule has 1 aliphatic rings. The van der Waals surface area contributed by atoms with E-state index in [9.17, 15) is 9.90 Å². The minimum absolute atomic E-state index is 0.0173. The lowest BCUT2D eigenvalue weighted by molar-refractivity contribution is -0.126. The monoisotopic (exact) mass is 225 g/mol. The van der Waals surface area contributed by atoms with Gasteiger partial charge < -0.3 is 10.4 Å². The van der Waals surface area contributed by atoms with E-state index < -0.39 is 11.1 Å². The molecule has 92 valence electrons. The summed E-state index contributed by atoms with van der Waals surface area (Å²) >= 11 is 0. The molecular weight excluding hydrogens is 202 g/mol. The number of nitrogens with one attached hydrogen (secondary N) is 1. The fraction of sp³-hybridized carbons (Fsp3) is 0.769. The number of rotatable bonds is 4. The highest BCUT2D eigenvalue weighted by molar-refractivity contribution is 5.77. The molecule has 1 atom stereocenters. The number of hydrogen-bond acceptors (Lipinski definition) is 2. The van der Waals surface area contributed by atoms with E-state index in [0.717, 1.165) is 12.8 Å². The Morgan fingerprint density at radius 1 is 1.44 bits per heavy atom. The molecule has 0 aliphatic heterocycles. The van der Waals surface area contributed by atoms with Crippen molar-refractivity contribution in [3.8, 4) is 0 Å². The van der Waals surface area contributed by atoms with Gasteiger partial charge in [-0.3, -0.25) is 4.79 Å². The fourth-order valence-electron chi connectivity index (χ4n) is 1.66. The highest BCUT2D eigenvalue weighted by Gasteiger charge is 2.36. The van der Waals surface area contributed by atoms with Gasteiger partial charge >= 0.3 is 0 Å². The van der Waals surface area contributed by atoms with Gasteiger partial charge in [-0.05, 0) is 46.5 Å². The molecule has 1 rings (SSSR count). The van der Waals surface area contributed by atoms with Gasteiger partial charge in [0.25, 0.3) is 0 Å². The Kier molecular flexibility index (Phi) is 3.79. The van der Waals surface area contributed by atoms with Crippen molar-refractivity contribution in [3.05, 3.63) is 12.2 Å². The molecule has 3 heteroatoms. The molecule has 0 radical (unpaired) electrons. The summed E-state index contributed by atoms with van der Waals surface area (Å²) in [4.78, 5) is 11.8. The van der Waals surface area contributed by atoms with E-state index in [4.69, 9.17) is 0 Å². The SMILES string of the molecule is CC(C)(O)C(C)(C)NC(=O)CC1C=CCC1. The maximum absolute atomic E-state index is 11.8. The van der Waals surface area contributed by atoms with Crippen LogP contribution in [0.4, 0.5) is 0 Å². The maximum atomic E-state index is 11.8. The lowest BCUT2D eigenvalue weighted by atomic mass is 9.85. The fourth-order valence-corrected chi connectivity index (χ4v) is 1.66. The largest absolute Gasteiger partial charge is 0.388 e. The zero-order chi connectivity index (χ0) is 12.4. The molecule has 1 amide bonds. The molecule has 0 spiro atoms. The van der Waals surface area contributed by atoms with Gasteiger partial charge in [-0.1, -0.05) is 12.2 Å². The Hall–Kier alpha value is -0.830. The lowest BCUT2D eigenvalue weighted by Gasteiger charge is -2.38. The van der Waals surface area contributed by atoms with Crippen LogP contribution in [0.1, 0.15) is 47.0 Å². The van der Waals surface area contributed by atoms with Gasteiger partial charge in [0.05, 0.1) is 11.1 Å². The summed E-state index contributed by atoms with van der Waals surface area (Å²) in [7, 11) is 0. The van der Waals surface area contributed by atoms with Crippen LogP contribution in [0.3, 0.4) is 0 Å². The van der Waals surface area contributed by atoms with Gasteiger partial charge in [-0.2, -0.15) is 0 Å². The van der Waals surface area contributed by atoms with Crippen molar-refractivity contribution in [1.82, 2.24) is 5.32 Å². The topological polar surface area (TPSA) is 49.3 Å². The van der Waals surface area contributed by atoms with E-state index in [1.54, 1.807) is 13.8 Å². The number of aliphatic hydroxyl groups is 1. The van der Waals surface area contributed by atoms with Crippen molar-refractivity contribution in [2.45, 2.75) is 58.1 Å². The second kappa shape index (κ2) is 4.58. The van der Waals surface area contributed by atoms with Gasteiger partial charge in [0, 0.05) is 6.42 Å². The highest BCUT2D eigenvalue weighted by Crippen LogP contribution is 2.23. The molecule has 16 heavy (non-hydrogen) atoms. The highest BCUT2D eigenvalue weighted by atomic mass is 16.3. The van der Waals surface area contributed by atoms with Crippen molar-refractivity contribution in [3.63, 3.8) is 0 Å². The first kappa shape index (κ1) is 13.2. The first-order valence-corrected chi connectivity index (χ1v) is 5.92. The van der Waals surface area contributed by atoms with E-state index in [2.05, 4.69) is 17.5 Å². The van der Waals surface area contributed by atoms with Crippen LogP contribution in [0, 0.1) is 5.92 Å². The minimum Gasteiger partial charge on any atom is -0.388 e. The summed E-state index contributed by atoms with van der Waals surface area (Å²) in [6.07, 6.45) is 6.90. The number of amides is 1. The summed E-state index contributed by atoms with van der Waals surface area (Å²) in [5.74, 6) is 0.390. The van der Waals surface area contributed by atoms with Crippen LogP contribution in [0.15, 0.2) is 12.2 Å². The molecule has 0 aromatic carbocycles. The molecule has 0 bridgehead atoms. The smallest absolute Gasteiger partial charge is 0.221 e.